The smallest absolute Gasteiger partial charge is 0.254 e. The molecule has 4 aliphatic heterocycles. The van der Waals surface area contributed by atoms with Gasteiger partial charge in [-0.25, -0.2) is 0 Å². The summed E-state index contributed by atoms with van der Waals surface area (Å²) in [4.78, 5) is 18.1. The van der Waals surface area contributed by atoms with E-state index in [2.05, 4.69) is 15.9 Å². The number of fused-ring (bicyclic) bond motifs is 2. The fraction of sp³-hybridized carbons (Fsp3) is 0.435. The molecule has 4 heterocycles. The number of piperidine rings is 3. The van der Waals surface area contributed by atoms with Gasteiger partial charge in [-0.15, -0.1) is 0 Å². The normalized spacial score (nSPS) is 31.0. The van der Waals surface area contributed by atoms with Crippen LogP contribution < -0.4 is 0 Å². The van der Waals surface area contributed by atoms with E-state index >= 15 is 0 Å². The third-order valence-electron chi connectivity index (χ3n) is 7.00. The molecule has 6 rings (SSSR count). The van der Waals surface area contributed by atoms with Gasteiger partial charge >= 0.3 is 0 Å². The topological polar surface area (TPSA) is 64.0 Å². The largest absolute Gasteiger partial charge is 0.508 e. The number of carbonyl (C=O) groups is 1. The number of benzene rings is 2. The molecule has 2 aromatic rings. The number of nitrogens with zero attached hydrogens (tertiary/aromatic N) is 2. The van der Waals surface area contributed by atoms with Crippen molar-refractivity contribution in [3.05, 3.63) is 59.2 Å². The Balaban J connectivity index is 1.53. The van der Waals surface area contributed by atoms with E-state index in [4.69, 9.17) is 0 Å². The highest BCUT2D eigenvalue weighted by atomic mass is 16.3. The van der Waals surface area contributed by atoms with Gasteiger partial charge in [-0.2, -0.15) is 0 Å². The minimum atomic E-state index is 0.0505. The second kappa shape index (κ2) is 6.52. The monoisotopic (exact) mass is 378 g/mol. The van der Waals surface area contributed by atoms with Crippen molar-refractivity contribution in [1.29, 1.82) is 0 Å². The quantitative estimate of drug-likeness (QED) is 0.843. The van der Waals surface area contributed by atoms with Crippen LogP contribution in [0, 0.1) is 12.8 Å². The summed E-state index contributed by atoms with van der Waals surface area (Å²) in [5.41, 5.74) is 2.47. The highest BCUT2D eigenvalue weighted by molar-refractivity contribution is 5.95. The molecular weight excluding hydrogens is 352 g/mol. The average molecular weight is 378 g/mol. The number of phenols is 2. The SMILES string of the molecule is Cc1cc(C(=O)N2C[C@@H](c3cccc(O)c3)[C@@H]3[C@H]2C2CCN3CC2)ccc1O. The summed E-state index contributed by atoms with van der Waals surface area (Å²) in [6.45, 7) is 4.69. The number of amides is 1. The molecule has 2 N–H and O–H groups in total. The van der Waals surface area contributed by atoms with Gasteiger partial charge in [-0.05, 0) is 80.2 Å². The Bertz CT molecular complexity index is 920. The minimum Gasteiger partial charge on any atom is -0.508 e. The van der Waals surface area contributed by atoms with Crippen molar-refractivity contribution in [3.63, 3.8) is 0 Å². The molecular formula is C23H26N2O3. The van der Waals surface area contributed by atoms with E-state index in [1.807, 2.05) is 19.1 Å². The molecule has 5 nitrogen and oxygen atoms in total. The van der Waals surface area contributed by atoms with Crippen molar-refractivity contribution in [1.82, 2.24) is 9.80 Å². The Kier molecular flexibility index (Phi) is 4.09. The summed E-state index contributed by atoms with van der Waals surface area (Å²) in [6, 6.07) is 13.2. The highest BCUT2D eigenvalue weighted by Gasteiger charge is 2.54. The number of hydrogen-bond donors (Lipinski definition) is 2. The van der Waals surface area contributed by atoms with Gasteiger partial charge in [0.25, 0.3) is 5.91 Å². The zero-order chi connectivity index (χ0) is 19.4. The fourth-order valence-corrected chi connectivity index (χ4v) is 5.66. The molecule has 0 spiro atoms. The number of aromatic hydroxyl groups is 2. The zero-order valence-electron chi connectivity index (χ0n) is 16.1. The van der Waals surface area contributed by atoms with E-state index in [1.165, 1.54) is 0 Å². The number of phenolic OH excluding ortho intramolecular Hbond substituents is 2. The van der Waals surface area contributed by atoms with Crippen molar-refractivity contribution in [3.8, 4) is 11.5 Å². The third-order valence-corrected chi connectivity index (χ3v) is 7.00. The fourth-order valence-electron chi connectivity index (χ4n) is 5.66. The minimum absolute atomic E-state index is 0.0505. The molecule has 1 amide bonds. The maximum absolute atomic E-state index is 13.5. The highest BCUT2D eigenvalue weighted by Crippen LogP contribution is 2.47. The van der Waals surface area contributed by atoms with Crippen LogP contribution in [0.25, 0.3) is 0 Å². The molecule has 5 heteroatoms. The Labute approximate surface area is 165 Å². The Morgan fingerprint density at radius 1 is 1.04 bits per heavy atom. The average Bonchev–Trinajstić information content (AvgIpc) is 3.13. The first-order valence-electron chi connectivity index (χ1n) is 10.2. The molecule has 0 radical (unpaired) electrons. The lowest BCUT2D eigenvalue weighted by Gasteiger charge is -2.51. The van der Waals surface area contributed by atoms with E-state index in [9.17, 15) is 15.0 Å². The van der Waals surface area contributed by atoms with Gasteiger partial charge < -0.3 is 15.1 Å². The van der Waals surface area contributed by atoms with Crippen LogP contribution in [0.15, 0.2) is 42.5 Å². The number of likely N-dealkylation sites (tertiary alicyclic amines) is 1. The Morgan fingerprint density at radius 2 is 1.82 bits per heavy atom. The first-order chi connectivity index (χ1) is 13.5. The van der Waals surface area contributed by atoms with E-state index < -0.39 is 0 Å². The van der Waals surface area contributed by atoms with Crippen molar-refractivity contribution in [2.75, 3.05) is 19.6 Å². The second-order valence-electron chi connectivity index (χ2n) is 8.51. The summed E-state index contributed by atoms with van der Waals surface area (Å²) < 4.78 is 0. The molecule has 0 unspecified atom stereocenters. The van der Waals surface area contributed by atoms with Crippen LogP contribution in [0.3, 0.4) is 0 Å². The van der Waals surface area contributed by atoms with Crippen molar-refractivity contribution >= 4 is 5.91 Å². The van der Waals surface area contributed by atoms with Crippen LogP contribution in [0.5, 0.6) is 11.5 Å². The van der Waals surface area contributed by atoms with Crippen LogP contribution in [0.4, 0.5) is 0 Å². The molecule has 2 aromatic carbocycles. The van der Waals surface area contributed by atoms with Crippen molar-refractivity contribution < 1.29 is 15.0 Å². The summed E-state index contributed by atoms with van der Waals surface area (Å²) in [5, 5.41) is 19.8. The van der Waals surface area contributed by atoms with Crippen molar-refractivity contribution in [2.45, 2.75) is 37.8 Å². The van der Waals surface area contributed by atoms with Gasteiger partial charge in [0.1, 0.15) is 11.5 Å². The van der Waals surface area contributed by atoms with Gasteiger partial charge in [-0.3, -0.25) is 9.69 Å². The maximum atomic E-state index is 13.5. The number of aryl methyl sites for hydroxylation is 1. The standard InChI is InChI=1S/C23H26N2O3/c1-14-11-17(5-6-20(14)27)23(28)25-13-19(16-3-2-4-18(26)12-16)22-21(25)15-7-9-24(22)10-8-15/h2-6,11-12,15,19,21-22,26-27H,7-10,13H2,1H3/t19-,21+,22+/m0/s1. The first kappa shape index (κ1) is 17.6. The summed E-state index contributed by atoms with van der Waals surface area (Å²) in [7, 11) is 0. The molecule has 4 fully saturated rings. The predicted molar refractivity (Wildman–Crippen MR) is 107 cm³/mol. The van der Waals surface area contributed by atoms with E-state index in [-0.39, 0.29) is 29.4 Å². The summed E-state index contributed by atoms with van der Waals surface area (Å²) in [5.74, 6) is 1.30. The van der Waals surface area contributed by atoms with E-state index in [1.54, 1.807) is 24.3 Å². The molecule has 0 aromatic heterocycles. The summed E-state index contributed by atoms with van der Waals surface area (Å²) in [6.07, 6.45) is 2.29. The molecule has 0 aliphatic carbocycles. The van der Waals surface area contributed by atoms with E-state index in [0.29, 0.717) is 24.1 Å². The summed E-state index contributed by atoms with van der Waals surface area (Å²) >= 11 is 0. The number of rotatable bonds is 2. The Morgan fingerprint density at radius 3 is 2.54 bits per heavy atom. The lowest BCUT2D eigenvalue weighted by Crippen LogP contribution is -2.60. The van der Waals surface area contributed by atoms with Crippen LogP contribution in [-0.4, -0.2) is 57.6 Å². The molecule has 4 aliphatic rings. The van der Waals surface area contributed by atoms with Crippen LogP contribution >= 0.6 is 0 Å². The lowest BCUT2D eigenvalue weighted by molar-refractivity contribution is -0.00342. The van der Waals surface area contributed by atoms with Gasteiger partial charge in [0, 0.05) is 24.1 Å². The van der Waals surface area contributed by atoms with Crippen molar-refractivity contribution in [2.24, 2.45) is 5.92 Å². The number of hydrogen-bond acceptors (Lipinski definition) is 4. The molecule has 0 saturated carbocycles. The zero-order valence-corrected chi connectivity index (χ0v) is 16.1. The van der Waals surface area contributed by atoms with Crippen LogP contribution in [0.1, 0.15) is 40.2 Å². The molecule has 4 saturated heterocycles. The third kappa shape index (κ3) is 2.68. The van der Waals surface area contributed by atoms with Gasteiger partial charge in [0.15, 0.2) is 0 Å². The molecule has 3 atom stereocenters. The molecule has 2 bridgehead atoms. The molecule has 146 valence electrons. The van der Waals surface area contributed by atoms with Gasteiger partial charge in [0.2, 0.25) is 0 Å². The van der Waals surface area contributed by atoms with Crippen LogP contribution in [0.2, 0.25) is 0 Å². The van der Waals surface area contributed by atoms with E-state index in [0.717, 1.165) is 37.1 Å². The predicted octanol–water partition coefficient (Wildman–Crippen LogP) is 3.11. The molecule has 28 heavy (non-hydrogen) atoms. The number of carbonyl (C=O) groups excluding carboxylic acids is 1. The maximum Gasteiger partial charge on any atom is 0.254 e. The Hall–Kier alpha value is -2.53. The first-order valence-corrected chi connectivity index (χ1v) is 10.2. The lowest BCUT2D eigenvalue weighted by atomic mass is 9.75. The second-order valence-corrected chi connectivity index (χ2v) is 8.51. The van der Waals surface area contributed by atoms with Gasteiger partial charge in [0.05, 0.1) is 6.04 Å². The van der Waals surface area contributed by atoms with Crippen LogP contribution in [-0.2, 0) is 0 Å². The van der Waals surface area contributed by atoms with Gasteiger partial charge in [-0.1, -0.05) is 12.1 Å².